The van der Waals surface area contributed by atoms with Gasteiger partial charge in [-0.05, 0) is 30.7 Å². The first-order valence-electron chi connectivity index (χ1n) is 9.08. The lowest BCUT2D eigenvalue weighted by Crippen LogP contribution is -2.45. The zero-order chi connectivity index (χ0) is 18.5. The first-order valence-corrected chi connectivity index (χ1v) is 10.8. The van der Waals surface area contributed by atoms with E-state index in [9.17, 15) is 4.79 Å². The average molecular weight is 391 g/mol. The molecule has 1 N–H and O–H groups in total. The molecule has 1 saturated heterocycles. The molecule has 140 valence electrons. The second kappa shape index (κ2) is 8.86. The van der Waals surface area contributed by atoms with Crippen molar-refractivity contribution in [3.8, 4) is 0 Å². The van der Waals surface area contributed by atoms with E-state index in [0.29, 0.717) is 11.8 Å². The minimum Gasteiger partial charge on any atom is -0.356 e. The summed E-state index contributed by atoms with van der Waals surface area (Å²) in [5.74, 6) is 1.37. The van der Waals surface area contributed by atoms with Crippen molar-refractivity contribution >= 4 is 34.1 Å². The van der Waals surface area contributed by atoms with Crippen molar-refractivity contribution < 1.29 is 4.79 Å². The summed E-state index contributed by atoms with van der Waals surface area (Å²) in [5, 5.41) is 12.4. The van der Waals surface area contributed by atoms with Crippen molar-refractivity contribution in [2.45, 2.75) is 43.3 Å². The quantitative estimate of drug-likeness (QED) is 0.752. The third-order valence-electron chi connectivity index (χ3n) is 4.50. The van der Waals surface area contributed by atoms with E-state index in [2.05, 4.69) is 41.5 Å². The van der Waals surface area contributed by atoms with Gasteiger partial charge in [-0.15, -0.1) is 10.2 Å². The molecule has 3 unspecified atom stereocenters. The molecule has 3 atom stereocenters. The molecule has 5 nitrogen and oxygen atoms in total. The van der Waals surface area contributed by atoms with E-state index < -0.39 is 0 Å². The van der Waals surface area contributed by atoms with E-state index in [4.69, 9.17) is 0 Å². The van der Waals surface area contributed by atoms with Crippen molar-refractivity contribution in [3.63, 3.8) is 0 Å². The maximum Gasteiger partial charge on any atom is 0.235 e. The van der Waals surface area contributed by atoms with Crippen molar-refractivity contribution in [2.24, 2.45) is 11.8 Å². The second-order valence-corrected chi connectivity index (χ2v) is 9.73. The maximum atomic E-state index is 12.8. The highest BCUT2D eigenvalue weighted by Crippen LogP contribution is 2.31. The highest BCUT2D eigenvalue weighted by molar-refractivity contribution is 8.02. The van der Waals surface area contributed by atoms with Crippen LogP contribution in [0.1, 0.15) is 32.8 Å². The van der Waals surface area contributed by atoms with Gasteiger partial charge in [0.15, 0.2) is 4.34 Å². The Morgan fingerprint density at radius 2 is 1.96 bits per heavy atom. The van der Waals surface area contributed by atoms with Crippen LogP contribution in [-0.4, -0.2) is 39.3 Å². The molecule has 26 heavy (non-hydrogen) atoms. The van der Waals surface area contributed by atoms with E-state index in [1.807, 2.05) is 30.0 Å². The Kier molecular flexibility index (Phi) is 6.53. The van der Waals surface area contributed by atoms with Crippen LogP contribution in [0.2, 0.25) is 0 Å². The van der Waals surface area contributed by atoms with Crippen LogP contribution >= 0.6 is 23.1 Å². The second-order valence-electron chi connectivity index (χ2n) is 7.16. The fourth-order valence-corrected chi connectivity index (χ4v) is 5.38. The van der Waals surface area contributed by atoms with Crippen LogP contribution in [0.25, 0.3) is 0 Å². The van der Waals surface area contributed by atoms with Gasteiger partial charge in [-0.3, -0.25) is 4.79 Å². The van der Waals surface area contributed by atoms with Gasteiger partial charge in [-0.1, -0.05) is 67.3 Å². The number of likely N-dealkylation sites (tertiary alicyclic amines) is 1. The van der Waals surface area contributed by atoms with Crippen molar-refractivity contribution in [2.75, 3.05) is 18.4 Å². The molecular weight excluding hydrogens is 364 g/mol. The molecule has 1 aliphatic rings. The number of aromatic nitrogens is 2. The molecule has 1 aromatic heterocycles. The molecule has 1 fully saturated rings. The monoisotopic (exact) mass is 390 g/mol. The Bertz CT molecular complexity index is 711. The topological polar surface area (TPSA) is 58.1 Å². The molecule has 1 amide bonds. The van der Waals surface area contributed by atoms with Crippen molar-refractivity contribution in [1.29, 1.82) is 0 Å². The molecule has 0 radical (unpaired) electrons. The lowest BCUT2D eigenvalue weighted by atomic mass is 9.92. The highest BCUT2D eigenvalue weighted by Gasteiger charge is 2.29. The Morgan fingerprint density at radius 1 is 1.27 bits per heavy atom. The summed E-state index contributed by atoms with van der Waals surface area (Å²) in [6.07, 6.45) is 1.21. The average Bonchev–Trinajstić information content (AvgIpc) is 3.06. The SMILES string of the molecule is CC1CC(C)CN(C(=O)C(C)Sc2nnc(NCc3ccccc3)s2)C1. The number of thioether (sulfide) groups is 1. The standard InChI is InChI=1S/C19H26N4OS2/c1-13-9-14(2)12-23(11-13)17(24)15(3)25-19-22-21-18(26-19)20-10-16-7-5-4-6-8-16/h4-8,13-15H,9-12H2,1-3H3,(H,20,21). The zero-order valence-corrected chi connectivity index (χ0v) is 17.1. The van der Waals surface area contributed by atoms with E-state index in [0.717, 1.165) is 29.1 Å². The molecule has 2 heterocycles. The number of hydrogen-bond acceptors (Lipinski definition) is 6. The molecule has 7 heteroatoms. The first-order chi connectivity index (χ1) is 12.5. The molecule has 1 aliphatic heterocycles. The summed E-state index contributed by atoms with van der Waals surface area (Å²) < 4.78 is 0.833. The normalized spacial score (nSPS) is 21.4. The number of nitrogens with one attached hydrogen (secondary N) is 1. The van der Waals surface area contributed by atoms with Crippen LogP contribution < -0.4 is 5.32 Å². The number of benzene rings is 1. The van der Waals surface area contributed by atoms with Crippen LogP contribution in [0.4, 0.5) is 5.13 Å². The molecule has 0 spiro atoms. The fourth-order valence-electron chi connectivity index (χ4n) is 3.40. The Morgan fingerprint density at radius 3 is 2.65 bits per heavy atom. The Labute approximate surface area is 163 Å². The molecule has 1 aromatic carbocycles. The van der Waals surface area contributed by atoms with Gasteiger partial charge in [0.2, 0.25) is 11.0 Å². The Balaban J connectivity index is 1.52. The maximum absolute atomic E-state index is 12.8. The molecular formula is C19H26N4OS2. The van der Waals surface area contributed by atoms with Crippen LogP contribution in [-0.2, 0) is 11.3 Å². The van der Waals surface area contributed by atoms with E-state index >= 15 is 0 Å². The van der Waals surface area contributed by atoms with Crippen LogP contribution in [0, 0.1) is 11.8 Å². The van der Waals surface area contributed by atoms with Crippen LogP contribution in [0.15, 0.2) is 34.7 Å². The minimum absolute atomic E-state index is 0.137. The van der Waals surface area contributed by atoms with Gasteiger partial charge in [0, 0.05) is 19.6 Å². The van der Waals surface area contributed by atoms with Crippen molar-refractivity contribution in [3.05, 3.63) is 35.9 Å². The summed E-state index contributed by atoms with van der Waals surface area (Å²) in [7, 11) is 0. The fraction of sp³-hybridized carbons (Fsp3) is 0.526. The third-order valence-corrected chi connectivity index (χ3v) is 6.55. The molecule has 0 aliphatic carbocycles. The molecule has 3 rings (SSSR count). The van der Waals surface area contributed by atoms with E-state index in [1.54, 1.807) is 0 Å². The summed E-state index contributed by atoms with van der Waals surface area (Å²) in [6, 6.07) is 10.2. The number of rotatable bonds is 6. The zero-order valence-electron chi connectivity index (χ0n) is 15.5. The number of hydrogen-bond donors (Lipinski definition) is 1. The van der Waals surface area contributed by atoms with Gasteiger partial charge in [0.1, 0.15) is 0 Å². The number of piperidine rings is 1. The number of carbonyl (C=O) groups is 1. The summed E-state index contributed by atoms with van der Waals surface area (Å²) in [6.45, 7) is 8.88. The number of anilines is 1. The lowest BCUT2D eigenvalue weighted by molar-refractivity contribution is -0.132. The van der Waals surface area contributed by atoms with Gasteiger partial charge in [-0.2, -0.15) is 0 Å². The number of amides is 1. The molecule has 0 bridgehead atoms. The predicted molar refractivity (Wildman–Crippen MR) is 109 cm³/mol. The minimum atomic E-state index is -0.137. The molecule has 0 saturated carbocycles. The van der Waals surface area contributed by atoms with Gasteiger partial charge in [-0.25, -0.2) is 0 Å². The highest BCUT2D eigenvalue weighted by atomic mass is 32.2. The van der Waals surface area contributed by atoms with E-state index in [-0.39, 0.29) is 11.2 Å². The van der Waals surface area contributed by atoms with Crippen molar-refractivity contribution in [1.82, 2.24) is 15.1 Å². The summed E-state index contributed by atoms with van der Waals surface area (Å²) >= 11 is 3.01. The first kappa shape index (κ1) is 19.2. The number of carbonyl (C=O) groups excluding carboxylic acids is 1. The van der Waals surface area contributed by atoms with Gasteiger partial charge < -0.3 is 10.2 Å². The summed E-state index contributed by atoms with van der Waals surface area (Å²) in [4.78, 5) is 14.8. The summed E-state index contributed by atoms with van der Waals surface area (Å²) in [5.41, 5.74) is 1.20. The molecule has 2 aromatic rings. The predicted octanol–water partition coefficient (Wildman–Crippen LogP) is 4.14. The van der Waals surface area contributed by atoms with Crippen LogP contribution in [0.3, 0.4) is 0 Å². The third kappa shape index (κ3) is 5.20. The Hall–Kier alpha value is -1.60. The van der Waals surface area contributed by atoms with Gasteiger partial charge in [0.05, 0.1) is 5.25 Å². The van der Waals surface area contributed by atoms with Gasteiger partial charge in [0.25, 0.3) is 0 Å². The number of nitrogens with zero attached hydrogens (tertiary/aromatic N) is 3. The lowest BCUT2D eigenvalue weighted by Gasteiger charge is -2.36. The van der Waals surface area contributed by atoms with Gasteiger partial charge >= 0.3 is 0 Å². The van der Waals surface area contributed by atoms with E-state index in [1.165, 1.54) is 35.1 Å². The smallest absolute Gasteiger partial charge is 0.235 e. The largest absolute Gasteiger partial charge is 0.356 e. The van der Waals surface area contributed by atoms with Crippen LogP contribution in [0.5, 0.6) is 0 Å².